The van der Waals surface area contributed by atoms with Crippen molar-refractivity contribution in [3.8, 4) is 0 Å². The first-order valence-corrected chi connectivity index (χ1v) is 4.49. The van der Waals surface area contributed by atoms with Crippen molar-refractivity contribution in [3.05, 3.63) is 0 Å². The third kappa shape index (κ3) is 8.37. The van der Waals surface area contributed by atoms with E-state index in [0.717, 1.165) is 24.8 Å². The fourth-order valence-corrected chi connectivity index (χ4v) is 0.892. The number of hydrogen-bond acceptors (Lipinski definition) is 2. The first-order valence-electron chi connectivity index (χ1n) is 2.96. The molecule has 0 unspecified atom stereocenters. The monoisotopic (exact) mass is 210 g/mol. The molecule has 0 aliphatic carbocycles. The van der Waals surface area contributed by atoms with Crippen LogP contribution in [0.25, 0.3) is 0 Å². The highest BCUT2D eigenvalue weighted by Gasteiger charge is 1.87. The van der Waals surface area contributed by atoms with Crippen LogP contribution < -0.4 is 0 Å². The van der Waals surface area contributed by atoms with Gasteiger partial charge in [0.25, 0.3) is 0 Å². The maximum atomic E-state index is 5.05. The standard InChI is InChI=1S/C6H11BrOS/c1-6(9)8-5-3-2-4-7/h2-5H2,1H3. The number of ether oxygens (including phenoxy) is 1. The zero-order valence-electron chi connectivity index (χ0n) is 5.52. The summed E-state index contributed by atoms with van der Waals surface area (Å²) in [5.41, 5.74) is 0. The quantitative estimate of drug-likeness (QED) is 0.401. The zero-order chi connectivity index (χ0) is 7.11. The lowest BCUT2D eigenvalue weighted by Crippen LogP contribution is -1.97. The number of hydrogen-bond donors (Lipinski definition) is 0. The summed E-state index contributed by atoms with van der Waals surface area (Å²) in [6.45, 7) is 2.56. The third-order valence-electron chi connectivity index (χ3n) is 0.833. The molecule has 0 radical (unpaired) electrons. The molecule has 0 spiro atoms. The molecule has 3 heteroatoms. The van der Waals surface area contributed by atoms with Crippen molar-refractivity contribution in [2.24, 2.45) is 0 Å². The first kappa shape index (κ1) is 9.37. The summed E-state index contributed by atoms with van der Waals surface area (Å²) < 4.78 is 5.05. The molecule has 0 aromatic rings. The Bertz CT molecular complexity index is 85.1. The highest BCUT2D eigenvalue weighted by atomic mass is 79.9. The van der Waals surface area contributed by atoms with Crippen LogP contribution in [0.2, 0.25) is 0 Å². The molecule has 0 aliphatic rings. The fraction of sp³-hybridized carbons (Fsp3) is 0.833. The second-order valence-electron chi connectivity index (χ2n) is 1.74. The molecule has 0 amide bonds. The van der Waals surface area contributed by atoms with Crippen molar-refractivity contribution in [1.29, 1.82) is 0 Å². The summed E-state index contributed by atoms with van der Waals surface area (Å²) >= 11 is 8.04. The van der Waals surface area contributed by atoms with Gasteiger partial charge in [0.05, 0.1) is 6.61 Å². The minimum atomic E-state index is 0.643. The van der Waals surface area contributed by atoms with Crippen LogP contribution in [0.3, 0.4) is 0 Å². The van der Waals surface area contributed by atoms with Crippen molar-refractivity contribution in [2.75, 3.05) is 11.9 Å². The summed E-state index contributed by atoms with van der Waals surface area (Å²) in [6, 6.07) is 0. The SMILES string of the molecule is CC(=S)OCCCCBr. The average molecular weight is 211 g/mol. The molecule has 0 bridgehead atoms. The van der Waals surface area contributed by atoms with E-state index in [4.69, 9.17) is 17.0 Å². The Morgan fingerprint density at radius 1 is 1.56 bits per heavy atom. The molecule has 1 nitrogen and oxygen atoms in total. The van der Waals surface area contributed by atoms with E-state index < -0.39 is 0 Å². The van der Waals surface area contributed by atoms with Crippen LogP contribution in [0.1, 0.15) is 19.8 Å². The third-order valence-corrected chi connectivity index (χ3v) is 1.51. The summed E-state index contributed by atoms with van der Waals surface area (Å²) in [4.78, 5) is 0. The zero-order valence-corrected chi connectivity index (χ0v) is 7.93. The molecule has 0 aromatic carbocycles. The Morgan fingerprint density at radius 2 is 2.22 bits per heavy atom. The van der Waals surface area contributed by atoms with E-state index in [1.54, 1.807) is 6.92 Å². The van der Waals surface area contributed by atoms with Gasteiger partial charge in [0.2, 0.25) is 0 Å². The van der Waals surface area contributed by atoms with Gasteiger partial charge in [-0.3, -0.25) is 0 Å². The summed E-state index contributed by atoms with van der Waals surface area (Å²) in [5, 5.41) is 1.69. The van der Waals surface area contributed by atoms with Crippen molar-refractivity contribution >= 4 is 33.2 Å². The van der Waals surface area contributed by atoms with Crippen LogP contribution in [-0.4, -0.2) is 17.0 Å². The molecule has 0 atom stereocenters. The van der Waals surface area contributed by atoms with Gasteiger partial charge in [-0.2, -0.15) is 0 Å². The van der Waals surface area contributed by atoms with Gasteiger partial charge in [-0.1, -0.05) is 15.9 Å². The van der Waals surface area contributed by atoms with Crippen LogP contribution in [-0.2, 0) is 4.74 Å². The predicted octanol–water partition coefficient (Wildman–Crippen LogP) is 2.53. The summed E-state index contributed by atoms with van der Waals surface area (Å²) in [6.07, 6.45) is 2.24. The lowest BCUT2D eigenvalue weighted by atomic mass is 10.4. The molecule has 0 fully saturated rings. The molecule has 0 saturated carbocycles. The van der Waals surface area contributed by atoms with Crippen LogP contribution in [0.5, 0.6) is 0 Å². The molecular weight excluding hydrogens is 200 g/mol. The van der Waals surface area contributed by atoms with Crippen molar-refractivity contribution < 1.29 is 4.74 Å². The Kier molecular flexibility index (Phi) is 6.76. The number of halogens is 1. The number of thiocarbonyl (C=S) groups is 1. The molecule has 0 heterocycles. The Hall–Kier alpha value is 0.370. The second kappa shape index (κ2) is 6.49. The van der Waals surface area contributed by atoms with Gasteiger partial charge >= 0.3 is 0 Å². The average Bonchev–Trinajstić information content (AvgIpc) is 1.80. The summed E-state index contributed by atoms with van der Waals surface area (Å²) in [7, 11) is 0. The predicted molar refractivity (Wildman–Crippen MR) is 47.3 cm³/mol. The highest BCUT2D eigenvalue weighted by Crippen LogP contribution is 1.94. The number of unbranched alkanes of at least 4 members (excludes halogenated alkanes) is 1. The van der Waals surface area contributed by atoms with Crippen LogP contribution in [0.15, 0.2) is 0 Å². The fourth-order valence-electron chi connectivity index (χ4n) is 0.412. The van der Waals surface area contributed by atoms with Crippen LogP contribution in [0.4, 0.5) is 0 Å². The molecule has 0 aromatic heterocycles. The normalized spacial score (nSPS) is 9.11. The lowest BCUT2D eigenvalue weighted by molar-refractivity contribution is 0.303. The van der Waals surface area contributed by atoms with Gasteiger partial charge in [-0.05, 0) is 25.1 Å². The van der Waals surface area contributed by atoms with E-state index in [0.29, 0.717) is 5.05 Å². The van der Waals surface area contributed by atoms with Crippen molar-refractivity contribution in [3.63, 3.8) is 0 Å². The van der Waals surface area contributed by atoms with Gasteiger partial charge in [-0.25, -0.2) is 0 Å². The Balaban J connectivity index is 2.83. The van der Waals surface area contributed by atoms with E-state index in [1.807, 2.05) is 0 Å². The molecule has 0 aliphatic heterocycles. The van der Waals surface area contributed by atoms with E-state index in [2.05, 4.69) is 15.9 Å². The van der Waals surface area contributed by atoms with E-state index in [9.17, 15) is 0 Å². The molecule has 0 rings (SSSR count). The van der Waals surface area contributed by atoms with Gasteiger partial charge in [0, 0.05) is 12.3 Å². The minimum Gasteiger partial charge on any atom is -0.487 e. The largest absolute Gasteiger partial charge is 0.487 e. The molecule has 0 N–H and O–H groups in total. The summed E-state index contributed by atoms with van der Waals surface area (Å²) in [5.74, 6) is 0. The van der Waals surface area contributed by atoms with Crippen LogP contribution >= 0.6 is 28.1 Å². The maximum absolute atomic E-state index is 5.05. The first-order chi connectivity index (χ1) is 4.27. The van der Waals surface area contributed by atoms with E-state index in [1.165, 1.54) is 0 Å². The topological polar surface area (TPSA) is 9.23 Å². The molecule has 54 valence electrons. The Labute approximate surface area is 69.9 Å². The Morgan fingerprint density at radius 3 is 2.67 bits per heavy atom. The van der Waals surface area contributed by atoms with Crippen molar-refractivity contribution in [1.82, 2.24) is 0 Å². The van der Waals surface area contributed by atoms with Gasteiger partial charge in [0.1, 0.15) is 0 Å². The second-order valence-corrected chi connectivity index (χ2v) is 3.10. The van der Waals surface area contributed by atoms with Gasteiger partial charge in [0.15, 0.2) is 5.05 Å². The molecular formula is C6H11BrOS. The van der Waals surface area contributed by atoms with Crippen LogP contribution in [0, 0.1) is 0 Å². The minimum absolute atomic E-state index is 0.643. The van der Waals surface area contributed by atoms with Gasteiger partial charge < -0.3 is 4.74 Å². The molecule has 9 heavy (non-hydrogen) atoms. The number of rotatable bonds is 4. The molecule has 0 saturated heterocycles. The van der Waals surface area contributed by atoms with Crippen molar-refractivity contribution in [2.45, 2.75) is 19.8 Å². The smallest absolute Gasteiger partial charge is 0.156 e. The van der Waals surface area contributed by atoms with E-state index >= 15 is 0 Å². The van der Waals surface area contributed by atoms with Gasteiger partial charge in [-0.15, -0.1) is 0 Å². The number of alkyl halides is 1. The maximum Gasteiger partial charge on any atom is 0.156 e. The highest BCUT2D eigenvalue weighted by molar-refractivity contribution is 9.09. The van der Waals surface area contributed by atoms with E-state index in [-0.39, 0.29) is 0 Å². The lowest BCUT2D eigenvalue weighted by Gasteiger charge is -2.00.